The van der Waals surface area contributed by atoms with Gasteiger partial charge in [-0.3, -0.25) is 9.59 Å². The zero-order valence-corrected chi connectivity index (χ0v) is 15.7. The molecule has 27 heavy (non-hydrogen) atoms. The largest absolute Gasteiger partial charge is 0.455 e. The summed E-state index contributed by atoms with van der Waals surface area (Å²) in [6, 6.07) is 16.7. The van der Waals surface area contributed by atoms with Crippen LogP contribution in [0.5, 0.6) is 11.5 Å². The Hall–Kier alpha value is -2.82. The van der Waals surface area contributed by atoms with Crippen molar-refractivity contribution in [3.63, 3.8) is 0 Å². The predicted octanol–water partition coefficient (Wildman–Crippen LogP) is 4.50. The zero-order valence-electron chi connectivity index (χ0n) is 15.7. The molecule has 5 heteroatoms. The van der Waals surface area contributed by atoms with E-state index < -0.39 is 5.41 Å². The summed E-state index contributed by atoms with van der Waals surface area (Å²) in [4.78, 5) is 25.3. The molecule has 0 unspecified atom stereocenters. The van der Waals surface area contributed by atoms with E-state index in [4.69, 9.17) is 4.74 Å². The molecule has 0 heterocycles. The first-order valence-corrected chi connectivity index (χ1v) is 9.57. The van der Waals surface area contributed by atoms with Crippen LogP contribution >= 0.6 is 0 Å². The summed E-state index contributed by atoms with van der Waals surface area (Å²) >= 11 is 0. The maximum absolute atomic E-state index is 12.8. The van der Waals surface area contributed by atoms with Crippen molar-refractivity contribution in [2.24, 2.45) is 5.41 Å². The van der Waals surface area contributed by atoms with Crippen LogP contribution in [0.1, 0.15) is 39.0 Å². The first-order valence-electron chi connectivity index (χ1n) is 9.57. The molecule has 0 aliphatic heterocycles. The normalized spacial score (nSPS) is 14.3. The lowest BCUT2D eigenvalue weighted by molar-refractivity contribution is -0.134. The number of unbranched alkanes of at least 4 members (excludes halogenated alkanes) is 2. The number of benzene rings is 2. The highest BCUT2D eigenvalue weighted by Crippen LogP contribution is 2.47. The van der Waals surface area contributed by atoms with Crippen molar-refractivity contribution in [3.8, 4) is 11.5 Å². The minimum Gasteiger partial charge on any atom is -0.455 e. The second-order valence-electron chi connectivity index (χ2n) is 6.91. The molecule has 3 rings (SSSR count). The van der Waals surface area contributed by atoms with Crippen molar-refractivity contribution in [3.05, 3.63) is 54.6 Å². The molecule has 0 atom stereocenters. The van der Waals surface area contributed by atoms with Gasteiger partial charge < -0.3 is 15.4 Å². The summed E-state index contributed by atoms with van der Waals surface area (Å²) < 4.78 is 5.88. The molecule has 0 radical (unpaired) electrons. The average molecular weight is 366 g/mol. The quantitative estimate of drug-likeness (QED) is 0.507. The molecule has 1 aliphatic rings. The number of amides is 2. The highest BCUT2D eigenvalue weighted by molar-refractivity contribution is 6.13. The maximum Gasteiger partial charge on any atom is 0.240 e. The highest BCUT2D eigenvalue weighted by atomic mass is 16.5. The van der Waals surface area contributed by atoms with Gasteiger partial charge in [-0.05, 0) is 43.5 Å². The van der Waals surface area contributed by atoms with Gasteiger partial charge in [0.1, 0.15) is 11.2 Å². The van der Waals surface area contributed by atoms with E-state index >= 15 is 0 Å². The zero-order chi connectivity index (χ0) is 19.1. The maximum atomic E-state index is 12.8. The summed E-state index contributed by atoms with van der Waals surface area (Å²) in [7, 11) is 0. The van der Waals surface area contributed by atoms with Crippen molar-refractivity contribution < 1.29 is 14.3 Å². The van der Waals surface area contributed by atoms with E-state index in [-0.39, 0.29) is 11.8 Å². The molecular weight excluding hydrogens is 340 g/mol. The molecule has 0 spiro atoms. The monoisotopic (exact) mass is 366 g/mol. The van der Waals surface area contributed by atoms with Crippen molar-refractivity contribution in [2.45, 2.75) is 39.0 Å². The van der Waals surface area contributed by atoms with Crippen LogP contribution in [0.3, 0.4) is 0 Å². The van der Waals surface area contributed by atoms with Crippen molar-refractivity contribution in [1.82, 2.24) is 5.32 Å². The Balaban J connectivity index is 1.65. The molecule has 1 aliphatic carbocycles. The van der Waals surface area contributed by atoms with Crippen LogP contribution in [0, 0.1) is 5.41 Å². The number of nitrogens with one attached hydrogen (secondary N) is 2. The number of carbonyl (C=O) groups excluding carboxylic acids is 2. The third-order valence-electron chi connectivity index (χ3n) is 4.79. The first kappa shape index (κ1) is 19.0. The van der Waals surface area contributed by atoms with Crippen LogP contribution in [0.15, 0.2) is 54.6 Å². The van der Waals surface area contributed by atoms with Gasteiger partial charge in [-0.2, -0.15) is 0 Å². The van der Waals surface area contributed by atoms with E-state index in [1.54, 1.807) is 12.1 Å². The van der Waals surface area contributed by atoms with Crippen LogP contribution in [0.25, 0.3) is 0 Å². The van der Waals surface area contributed by atoms with E-state index in [1.807, 2.05) is 42.5 Å². The Morgan fingerprint density at radius 1 is 0.963 bits per heavy atom. The molecule has 0 bridgehead atoms. The lowest BCUT2D eigenvalue weighted by Crippen LogP contribution is -2.40. The minimum atomic E-state index is -0.938. The van der Waals surface area contributed by atoms with Crippen LogP contribution in [0.2, 0.25) is 0 Å². The fraction of sp³-hybridized carbons (Fsp3) is 0.364. The van der Waals surface area contributed by atoms with Gasteiger partial charge in [0.25, 0.3) is 0 Å². The molecule has 5 nitrogen and oxygen atoms in total. The van der Waals surface area contributed by atoms with Gasteiger partial charge in [0, 0.05) is 6.54 Å². The van der Waals surface area contributed by atoms with E-state index in [0.29, 0.717) is 36.6 Å². The molecule has 2 aromatic rings. The Kier molecular flexibility index (Phi) is 6.12. The highest BCUT2D eigenvalue weighted by Gasteiger charge is 2.56. The summed E-state index contributed by atoms with van der Waals surface area (Å²) in [5.41, 5.74) is -0.372. The Morgan fingerprint density at radius 3 is 2.37 bits per heavy atom. The number of hydrogen-bond donors (Lipinski definition) is 2. The Bertz CT molecular complexity index is 785. The van der Waals surface area contributed by atoms with E-state index in [2.05, 4.69) is 17.6 Å². The van der Waals surface area contributed by atoms with Crippen molar-refractivity contribution in [2.75, 3.05) is 11.9 Å². The molecule has 0 aromatic heterocycles. The lowest BCUT2D eigenvalue weighted by atomic mass is 10.0. The number of carbonyl (C=O) groups is 2. The predicted molar refractivity (Wildman–Crippen MR) is 106 cm³/mol. The molecule has 1 fully saturated rings. The van der Waals surface area contributed by atoms with Gasteiger partial charge in [-0.25, -0.2) is 0 Å². The number of ether oxygens (including phenoxy) is 1. The van der Waals surface area contributed by atoms with Gasteiger partial charge in [0.05, 0.1) is 5.69 Å². The van der Waals surface area contributed by atoms with Crippen LogP contribution < -0.4 is 15.4 Å². The summed E-state index contributed by atoms with van der Waals surface area (Å²) in [5.74, 6) is 0.808. The summed E-state index contributed by atoms with van der Waals surface area (Å²) in [5, 5.41) is 5.80. The minimum absolute atomic E-state index is 0.169. The molecule has 2 aromatic carbocycles. The van der Waals surface area contributed by atoms with Gasteiger partial charge >= 0.3 is 0 Å². The van der Waals surface area contributed by atoms with Crippen LogP contribution in [-0.2, 0) is 9.59 Å². The summed E-state index contributed by atoms with van der Waals surface area (Å²) in [6.07, 6.45) is 4.28. The molecule has 2 amide bonds. The average Bonchev–Trinajstić information content (AvgIpc) is 3.50. The van der Waals surface area contributed by atoms with E-state index in [0.717, 1.165) is 19.3 Å². The van der Waals surface area contributed by atoms with Crippen molar-refractivity contribution in [1.29, 1.82) is 0 Å². The second-order valence-corrected chi connectivity index (χ2v) is 6.91. The van der Waals surface area contributed by atoms with Gasteiger partial charge in [-0.1, -0.05) is 50.1 Å². The van der Waals surface area contributed by atoms with E-state index in [1.165, 1.54) is 0 Å². The fourth-order valence-corrected chi connectivity index (χ4v) is 2.94. The number of hydrogen-bond acceptors (Lipinski definition) is 3. The van der Waals surface area contributed by atoms with E-state index in [9.17, 15) is 9.59 Å². The first-order chi connectivity index (χ1) is 13.2. The smallest absolute Gasteiger partial charge is 0.240 e. The molecule has 142 valence electrons. The van der Waals surface area contributed by atoms with Crippen molar-refractivity contribution >= 4 is 17.5 Å². The van der Waals surface area contributed by atoms with Gasteiger partial charge in [-0.15, -0.1) is 0 Å². The number of rotatable bonds is 9. The summed E-state index contributed by atoms with van der Waals surface area (Å²) in [6.45, 7) is 2.74. The Labute approximate surface area is 160 Å². The molecule has 0 saturated heterocycles. The molecule has 2 N–H and O–H groups in total. The van der Waals surface area contributed by atoms with Gasteiger partial charge in [0.15, 0.2) is 5.75 Å². The third kappa shape index (κ3) is 4.67. The van der Waals surface area contributed by atoms with Crippen LogP contribution in [0.4, 0.5) is 5.69 Å². The topological polar surface area (TPSA) is 67.4 Å². The Morgan fingerprint density at radius 2 is 1.67 bits per heavy atom. The van der Waals surface area contributed by atoms with Crippen LogP contribution in [-0.4, -0.2) is 18.4 Å². The molecular formula is C22H26N2O3. The lowest BCUT2D eigenvalue weighted by Gasteiger charge is -2.17. The fourth-order valence-electron chi connectivity index (χ4n) is 2.94. The number of anilines is 1. The SMILES string of the molecule is CCCCCNC(=O)C1(C(=O)Nc2ccccc2Oc2ccccc2)CC1. The standard InChI is InChI=1S/C22H26N2O3/c1-2-3-9-16-23-20(25)22(14-15-22)21(26)24-18-12-7-8-13-19(18)27-17-10-5-4-6-11-17/h4-8,10-13H,2-3,9,14-16H2,1H3,(H,23,25)(H,24,26). The second kappa shape index (κ2) is 8.71. The third-order valence-corrected chi connectivity index (χ3v) is 4.79. The molecule has 1 saturated carbocycles. The van der Waals surface area contributed by atoms with Gasteiger partial charge in [0.2, 0.25) is 11.8 Å². The number of para-hydroxylation sites is 3.